The molecular weight excluding hydrogens is 442 g/mol. The number of methoxy groups -OCH3 is 1. The predicted octanol–water partition coefficient (Wildman–Crippen LogP) is 4.06. The second-order valence-electron chi connectivity index (χ2n) is 8.33. The zero-order chi connectivity index (χ0) is 24.6. The number of nitrogens with zero attached hydrogens (tertiary/aromatic N) is 4. The van der Waals surface area contributed by atoms with Crippen LogP contribution in [0.2, 0.25) is 0 Å². The summed E-state index contributed by atoms with van der Waals surface area (Å²) >= 11 is 0. The normalized spacial score (nSPS) is 10.9. The standard InChI is InChI=1S/C27H29N5O3/c1-31(2)14-15-35-26-17-23(10-13-25(26)34-3)30-27(33)16-20-4-6-21(7-5-20)22-8-11-24(12-9-22)32-19-28-18-29-32/h4-13,17-19H,14-16H2,1-3H3,(H,30,33). The Morgan fingerprint density at radius 3 is 2.31 bits per heavy atom. The van der Waals surface area contributed by atoms with Crippen LogP contribution in [0.25, 0.3) is 16.8 Å². The SMILES string of the molecule is COc1ccc(NC(=O)Cc2ccc(-c3ccc(-n4cncn4)cc3)cc2)cc1OCCN(C)C. The Morgan fingerprint density at radius 1 is 0.971 bits per heavy atom. The van der Waals surface area contributed by atoms with Crippen LogP contribution in [-0.4, -0.2) is 59.9 Å². The van der Waals surface area contributed by atoms with Crippen LogP contribution in [0.1, 0.15) is 5.56 Å². The number of rotatable bonds is 10. The van der Waals surface area contributed by atoms with Crippen molar-refractivity contribution in [3.05, 3.63) is 84.9 Å². The van der Waals surface area contributed by atoms with Gasteiger partial charge in [-0.3, -0.25) is 4.79 Å². The smallest absolute Gasteiger partial charge is 0.228 e. The maximum Gasteiger partial charge on any atom is 0.228 e. The molecule has 180 valence electrons. The maximum atomic E-state index is 12.7. The van der Waals surface area contributed by atoms with E-state index in [2.05, 4.69) is 15.4 Å². The van der Waals surface area contributed by atoms with Gasteiger partial charge in [0.25, 0.3) is 0 Å². The summed E-state index contributed by atoms with van der Waals surface area (Å²) in [6, 6.07) is 21.5. The van der Waals surface area contributed by atoms with Gasteiger partial charge in [0.05, 0.1) is 19.2 Å². The van der Waals surface area contributed by atoms with Gasteiger partial charge in [-0.15, -0.1) is 0 Å². The van der Waals surface area contributed by atoms with E-state index in [0.29, 0.717) is 23.8 Å². The highest BCUT2D eigenvalue weighted by molar-refractivity contribution is 5.92. The Morgan fingerprint density at radius 2 is 1.69 bits per heavy atom. The second kappa shape index (κ2) is 11.3. The molecule has 0 saturated heterocycles. The first-order valence-electron chi connectivity index (χ1n) is 11.3. The van der Waals surface area contributed by atoms with E-state index in [4.69, 9.17) is 9.47 Å². The van der Waals surface area contributed by atoms with Gasteiger partial charge in [-0.1, -0.05) is 36.4 Å². The molecule has 1 amide bonds. The van der Waals surface area contributed by atoms with E-state index < -0.39 is 0 Å². The van der Waals surface area contributed by atoms with Gasteiger partial charge >= 0.3 is 0 Å². The number of anilines is 1. The van der Waals surface area contributed by atoms with Crippen molar-refractivity contribution in [2.75, 3.05) is 39.7 Å². The summed E-state index contributed by atoms with van der Waals surface area (Å²) in [5.41, 5.74) is 4.71. The number of amides is 1. The summed E-state index contributed by atoms with van der Waals surface area (Å²) in [5.74, 6) is 1.14. The zero-order valence-electron chi connectivity index (χ0n) is 20.1. The lowest BCUT2D eigenvalue weighted by atomic mass is 10.0. The maximum absolute atomic E-state index is 12.7. The van der Waals surface area contributed by atoms with Crippen LogP contribution in [0.5, 0.6) is 11.5 Å². The molecule has 1 heterocycles. The highest BCUT2D eigenvalue weighted by atomic mass is 16.5. The molecule has 8 heteroatoms. The van der Waals surface area contributed by atoms with Gasteiger partial charge in [-0.05, 0) is 55.1 Å². The zero-order valence-corrected chi connectivity index (χ0v) is 20.1. The highest BCUT2D eigenvalue weighted by Gasteiger charge is 2.10. The molecule has 4 aromatic rings. The van der Waals surface area contributed by atoms with Gasteiger partial charge in [0.15, 0.2) is 11.5 Å². The third kappa shape index (κ3) is 6.45. The van der Waals surface area contributed by atoms with E-state index in [9.17, 15) is 4.79 Å². The van der Waals surface area contributed by atoms with Gasteiger partial charge in [0, 0.05) is 18.3 Å². The number of aromatic nitrogens is 3. The summed E-state index contributed by atoms with van der Waals surface area (Å²) < 4.78 is 12.9. The van der Waals surface area contributed by atoms with Crippen LogP contribution in [0.3, 0.4) is 0 Å². The molecule has 0 unspecified atom stereocenters. The topological polar surface area (TPSA) is 81.5 Å². The molecule has 0 aliphatic carbocycles. The van der Waals surface area contributed by atoms with Crippen LogP contribution < -0.4 is 14.8 Å². The molecule has 0 fully saturated rings. The van der Waals surface area contributed by atoms with E-state index in [1.54, 1.807) is 30.3 Å². The molecule has 0 spiro atoms. The van der Waals surface area contributed by atoms with Gasteiger partial charge in [-0.25, -0.2) is 9.67 Å². The van der Waals surface area contributed by atoms with E-state index in [1.807, 2.05) is 73.6 Å². The Hall–Kier alpha value is -4.17. The fourth-order valence-electron chi connectivity index (χ4n) is 3.56. The molecule has 0 aliphatic rings. The molecule has 0 atom stereocenters. The summed E-state index contributed by atoms with van der Waals surface area (Å²) in [4.78, 5) is 18.7. The molecule has 0 aliphatic heterocycles. The molecule has 0 radical (unpaired) electrons. The molecule has 4 rings (SSSR count). The molecule has 1 N–H and O–H groups in total. The molecule has 35 heavy (non-hydrogen) atoms. The number of likely N-dealkylation sites (N-methyl/N-ethyl adjacent to an activating group) is 1. The predicted molar refractivity (Wildman–Crippen MR) is 136 cm³/mol. The van der Waals surface area contributed by atoms with Crippen LogP contribution >= 0.6 is 0 Å². The number of carbonyl (C=O) groups is 1. The number of hydrogen-bond acceptors (Lipinski definition) is 6. The molecule has 0 saturated carbocycles. The third-order valence-corrected chi connectivity index (χ3v) is 5.45. The first kappa shape index (κ1) is 24.0. The fourth-order valence-corrected chi connectivity index (χ4v) is 3.56. The van der Waals surface area contributed by atoms with Crippen molar-refractivity contribution in [1.29, 1.82) is 0 Å². The minimum atomic E-state index is -0.0978. The molecule has 0 bridgehead atoms. The first-order chi connectivity index (χ1) is 17.0. The average molecular weight is 472 g/mol. The van der Waals surface area contributed by atoms with E-state index in [-0.39, 0.29) is 12.3 Å². The number of nitrogens with one attached hydrogen (secondary N) is 1. The quantitative estimate of drug-likeness (QED) is 0.376. The Kier molecular flexibility index (Phi) is 7.74. The number of ether oxygens (including phenoxy) is 2. The van der Waals surface area contributed by atoms with Gasteiger partial charge in [0.1, 0.15) is 19.3 Å². The largest absolute Gasteiger partial charge is 0.493 e. The van der Waals surface area contributed by atoms with E-state index in [1.165, 1.54) is 6.33 Å². The van der Waals surface area contributed by atoms with E-state index in [0.717, 1.165) is 28.9 Å². The molecule has 1 aromatic heterocycles. The Bertz CT molecular complexity index is 1240. The number of carbonyl (C=O) groups excluding carboxylic acids is 1. The van der Waals surface area contributed by atoms with Crippen molar-refractivity contribution in [1.82, 2.24) is 19.7 Å². The van der Waals surface area contributed by atoms with E-state index >= 15 is 0 Å². The lowest BCUT2D eigenvalue weighted by Crippen LogP contribution is -2.19. The monoisotopic (exact) mass is 471 g/mol. The first-order valence-corrected chi connectivity index (χ1v) is 11.3. The summed E-state index contributed by atoms with van der Waals surface area (Å²) in [6.45, 7) is 1.30. The van der Waals surface area contributed by atoms with Crippen molar-refractivity contribution in [2.45, 2.75) is 6.42 Å². The number of benzene rings is 3. The summed E-state index contributed by atoms with van der Waals surface area (Å²) in [5, 5.41) is 7.09. The molecular formula is C27H29N5O3. The van der Waals surface area contributed by atoms with Crippen molar-refractivity contribution in [3.63, 3.8) is 0 Å². The van der Waals surface area contributed by atoms with Crippen molar-refractivity contribution >= 4 is 11.6 Å². The van der Waals surface area contributed by atoms with Gasteiger partial charge in [0.2, 0.25) is 5.91 Å². The average Bonchev–Trinajstić information content (AvgIpc) is 3.40. The van der Waals surface area contributed by atoms with Crippen molar-refractivity contribution < 1.29 is 14.3 Å². The molecule has 3 aromatic carbocycles. The van der Waals surface area contributed by atoms with Crippen molar-refractivity contribution in [2.24, 2.45) is 0 Å². The van der Waals surface area contributed by atoms with Gasteiger partial charge in [-0.2, -0.15) is 5.10 Å². The second-order valence-corrected chi connectivity index (χ2v) is 8.33. The lowest BCUT2D eigenvalue weighted by molar-refractivity contribution is -0.115. The Balaban J connectivity index is 1.36. The number of hydrogen-bond donors (Lipinski definition) is 1. The van der Waals surface area contributed by atoms with Crippen LogP contribution in [0.4, 0.5) is 5.69 Å². The highest BCUT2D eigenvalue weighted by Crippen LogP contribution is 2.30. The Labute approximate surface area is 205 Å². The lowest BCUT2D eigenvalue weighted by Gasteiger charge is -2.15. The van der Waals surface area contributed by atoms with Crippen LogP contribution in [0, 0.1) is 0 Å². The summed E-state index contributed by atoms with van der Waals surface area (Å²) in [7, 11) is 5.57. The summed E-state index contributed by atoms with van der Waals surface area (Å²) in [6.07, 6.45) is 3.45. The minimum absolute atomic E-state index is 0.0978. The third-order valence-electron chi connectivity index (χ3n) is 5.45. The van der Waals surface area contributed by atoms with Crippen LogP contribution in [-0.2, 0) is 11.2 Å². The van der Waals surface area contributed by atoms with Crippen molar-refractivity contribution in [3.8, 4) is 28.3 Å². The fraction of sp³-hybridized carbons (Fsp3) is 0.222. The minimum Gasteiger partial charge on any atom is -0.493 e. The molecule has 8 nitrogen and oxygen atoms in total. The van der Waals surface area contributed by atoms with Gasteiger partial charge < -0.3 is 19.7 Å². The van der Waals surface area contributed by atoms with Crippen LogP contribution in [0.15, 0.2) is 79.4 Å².